The van der Waals surface area contributed by atoms with Crippen LogP contribution in [0.15, 0.2) is 96.1 Å². The number of carbonyl (C=O) groups is 2. The van der Waals surface area contributed by atoms with E-state index in [9.17, 15) is 9.59 Å². The van der Waals surface area contributed by atoms with Gasteiger partial charge in [-0.25, -0.2) is 10.2 Å². The SMILES string of the molecule is CN(C)c1ccc2[nH]c(C(=O)NN=Cc3ccccc3OC(=O)c3ccccc3Cl)c(-c3ccccc3Cl)c2c1. The number of para-hydroxylation sites is 1. The summed E-state index contributed by atoms with van der Waals surface area (Å²) in [5, 5.41) is 5.81. The molecule has 5 aromatic rings. The van der Waals surface area contributed by atoms with Gasteiger partial charge in [-0.2, -0.15) is 5.10 Å². The molecule has 0 unspecified atom stereocenters. The van der Waals surface area contributed by atoms with E-state index in [2.05, 4.69) is 15.5 Å². The highest BCUT2D eigenvalue weighted by molar-refractivity contribution is 6.34. The Balaban J connectivity index is 1.44. The number of hydrogen-bond donors (Lipinski definition) is 2. The average molecular weight is 571 g/mol. The number of aromatic amines is 1. The van der Waals surface area contributed by atoms with Gasteiger partial charge in [0.25, 0.3) is 5.91 Å². The fourth-order valence-electron chi connectivity index (χ4n) is 4.25. The molecule has 4 aromatic carbocycles. The van der Waals surface area contributed by atoms with Crippen LogP contribution in [0.4, 0.5) is 5.69 Å². The van der Waals surface area contributed by atoms with E-state index in [1.54, 1.807) is 54.6 Å². The van der Waals surface area contributed by atoms with Gasteiger partial charge < -0.3 is 14.6 Å². The Morgan fingerprint density at radius 2 is 1.60 bits per heavy atom. The highest BCUT2D eigenvalue weighted by Gasteiger charge is 2.21. The maximum Gasteiger partial charge on any atom is 0.345 e. The summed E-state index contributed by atoms with van der Waals surface area (Å²) in [6.07, 6.45) is 1.41. The highest BCUT2D eigenvalue weighted by atomic mass is 35.5. The lowest BCUT2D eigenvalue weighted by molar-refractivity contribution is 0.0734. The normalized spacial score (nSPS) is 11.1. The Kier molecular flexibility index (Phi) is 7.86. The molecule has 9 heteroatoms. The Bertz CT molecular complexity index is 1760. The predicted octanol–water partition coefficient (Wildman–Crippen LogP) is 7.19. The average Bonchev–Trinajstić information content (AvgIpc) is 3.33. The zero-order chi connectivity index (χ0) is 28.2. The molecule has 0 saturated carbocycles. The van der Waals surface area contributed by atoms with Crippen molar-refractivity contribution in [2.24, 2.45) is 5.10 Å². The van der Waals surface area contributed by atoms with Crippen LogP contribution in [0.2, 0.25) is 10.0 Å². The Hall–Kier alpha value is -4.59. The molecule has 0 atom stereocenters. The number of hydrazone groups is 1. The zero-order valence-electron chi connectivity index (χ0n) is 21.6. The van der Waals surface area contributed by atoms with Gasteiger partial charge >= 0.3 is 5.97 Å². The molecular formula is C31H24Cl2N4O3. The van der Waals surface area contributed by atoms with Crippen LogP contribution in [0.3, 0.4) is 0 Å². The zero-order valence-corrected chi connectivity index (χ0v) is 23.1. The molecule has 0 spiro atoms. The molecule has 0 aliphatic carbocycles. The fraction of sp³-hybridized carbons (Fsp3) is 0.0645. The van der Waals surface area contributed by atoms with E-state index in [4.69, 9.17) is 27.9 Å². The monoisotopic (exact) mass is 570 g/mol. The number of H-pyrrole nitrogens is 1. The van der Waals surface area contributed by atoms with Crippen LogP contribution in [-0.4, -0.2) is 37.2 Å². The predicted molar refractivity (Wildman–Crippen MR) is 161 cm³/mol. The third-order valence-corrected chi connectivity index (χ3v) is 6.91. The largest absolute Gasteiger partial charge is 0.422 e. The number of benzene rings is 4. The molecule has 40 heavy (non-hydrogen) atoms. The number of nitrogens with one attached hydrogen (secondary N) is 2. The summed E-state index contributed by atoms with van der Waals surface area (Å²) in [4.78, 5) is 31.3. The van der Waals surface area contributed by atoms with Crippen LogP contribution in [0.5, 0.6) is 5.75 Å². The van der Waals surface area contributed by atoms with Crippen molar-refractivity contribution in [2.75, 3.05) is 19.0 Å². The van der Waals surface area contributed by atoms with E-state index in [-0.39, 0.29) is 16.3 Å². The molecule has 1 heterocycles. The molecule has 0 aliphatic heterocycles. The minimum Gasteiger partial charge on any atom is -0.422 e. The van der Waals surface area contributed by atoms with Gasteiger partial charge in [-0.15, -0.1) is 0 Å². The number of hydrogen-bond acceptors (Lipinski definition) is 5. The molecule has 2 N–H and O–H groups in total. The number of carbonyl (C=O) groups excluding carboxylic acids is 2. The fourth-order valence-corrected chi connectivity index (χ4v) is 4.69. The van der Waals surface area contributed by atoms with Gasteiger partial charge in [-0.1, -0.05) is 65.7 Å². The molecule has 1 amide bonds. The van der Waals surface area contributed by atoms with Crippen molar-refractivity contribution in [3.63, 3.8) is 0 Å². The van der Waals surface area contributed by atoms with Crippen LogP contribution >= 0.6 is 23.2 Å². The molecule has 7 nitrogen and oxygen atoms in total. The molecule has 1 aromatic heterocycles. The first-order valence-electron chi connectivity index (χ1n) is 12.3. The van der Waals surface area contributed by atoms with Crippen LogP contribution < -0.4 is 15.1 Å². The molecule has 0 bridgehead atoms. The molecule has 0 aliphatic rings. The molecule has 0 radical (unpaired) electrons. The van der Waals surface area contributed by atoms with Crippen LogP contribution in [-0.2, 0) is 0 Å². The third kappa shape index (κ3) is 5.57. The number of halogens is 2. The van der Waals surface area contributed by atoms with Crippen LogP contribution in [0.1, 0.15) is 26.4 Å². The number of fused-ring (bicyclic) bond motifs is 1. The summed E-state index contributed by atoms with van der Waals surface area (Å²) in [7, 11) is 3.91. The summed E-state index contributed by atoms with van der Waals surface area (Å²) in [6.45, 7) is 0. The van der Waals surface area contributed by atoms with E-state index < -0.39 is 11.9 Å². The standard InChI is InChI=1S/C31H24Cl2N4O3/c1-37(2)20-15-16-26-23(17-20)28(21-10-4-6-12-24(21)32)29(35-26)30(38)36-34-18-19-9-3-8-14-27(19)40-31(39)22-11-5-7-13-25(22)33/h3-18,35H,1-2H3,(H,36,38). The minimum atomic E-state index is -0.602. The lowest BCUT2D eigenvalue weighted by Gasteiger charge is -2.13. The lowest BCUT2D eigenvalue weighted by atomic mass is 10.0. The number of aromatic nitrogens is 1. The third-order valence-electron chi connectivity index (χ3n) is 6.25. The second-order valence-electron chi connectivity index (χ2n) is 9.09. The van der Waals surface area contributed by atoms with E-state index in [1.165, 1.54) is 6.21 Å². The first-order valence-corrected chi connectivity index (χ1v) is 13.1. The van der Waals surface area contributed by atoms with Crippen molar-refractivity contribution < 1.29 is 14.3 Å². The maximum absolute atomic E-state index is 13.4. The molecule has 5 rings (SSSR count). The quantitative estimate of drug-likeness (QED) is 0.0937. The van der Waals surface area contributed by atoms with E-state index in [0.29, 0.717) is 21.8 Å². The second kappa shape index (κ2) is 11.7. The topological polar surface area (TPSA) is 86.8 Å². The summed E-state index contributed by atoms with van der Waals surface area (Å²) in [5.74, 6) is -0.793. The van der Waals surface area contributed by atoms with Crippen molar-refractivity contribution in [2.45, 2.75) is 0 Å². The first-order chi connectivity index (χ1) is 19.3. The van der Waals surface area contributed by atoms with E-state index in [1.807, 2.05) is 55.4 Å². The van der Waals surface area contributed by atoms with Gasteiger partial charge in [0, 0.05) is 52.4 Å². The van der Waals surface area contributed by atoms with Crippen molar-refractivity contribution in [1.82, 2.24) is 10.4 Å². The molecule has 0 fully saturated rings. The maximum atomic E-state index is 13.4. The summed E-state index contributed by atoms with van der Waals surface area (Å²) in [5.41, 5.74) is 6.78. The number of anilines is 1. The first kappa shape index (κ1) is 27.0. The summed E-state index contributed by atoms with van der Waals surface area (Å²) < 4.78 is 5.56. The number of nitrogens with zero attached hydrogens (tertiary/aromatic N) is 2. The Morgan fingerprint density at radius 3 is 2.35 bits per heavy atom. The molecular weight excluding hydrogens is 547 g/mol. The van der Waals surface area contributed by atoms with Crippen molar-refractivity contribution >= 4 is 57.9 Å². The Morgan fingerprint density at radius 1 is 0.900 bits per heavy atom. The minimum absolute atomic E-state index is 0.243. The van der Waals surface area contributed by atoms with Gasteiger partial charge in [0.05, 0.1) is 16.8 Å². The highest BCUT2D eigenvalue weighted by Crippen LogP contribution is 2.38. The number of esters is 1. The van der Waals surface area contributed by atoms with Crippen molar-refractivity contribution in [1.29, 1.82) is 0 Å². The molecule has 200 valence electrons. The van der Waals surface area contributed by atoms with Crippen molar-refractivity contribution in [3.05, 3.63) is 118 Å². The summed E-state index contributed by atoms with van der Waals surface area (Å²) in [6, 6.07) is 26.7. The smallest absolute Gasteiger partial charge is 0.345 e. The summed E-state index contributed by atoms with van der Waals surface area (Å²) >= 11 is 12.7. The lowest BCUT2D eigenvalue weighted by Crippen LogP contribution is -2.19. The van der Waals surface area contributed by atoms with Crippen LogP contribution in [0.25, 0.3) is 22.0 Å². The van der Waals surface area contributed by atoms with Gasteiger partial charge in [0.2, 0.25) is 0 Å². The number of ether oxygens (including phenoxy) is 1. The van der Waals surface area contributed by atoms with E-state index >= 15 is 0 Å². The Labute approximate surface area is 241 Å². The van der Waals surface area contributed by atoms with Gasteiger partial charge in [0.1, 0.15) is 11.4 Å². The van der Waals surface area contributed by atoms with Gasteiger partial charge in [0.15, 0.2) is 0 Å². The van der Waals surface area contributed by atoms with Crippen LogP contribution in [0, 0.1) is 0 Å². The van der Waals surface area contributed by atoms with Gasteiger partial charge in [-0.3, -0.25) is 4.79 Å². The van der Waals surface area contributed by atoms with E-state index in [0.717, 1.165) is 22.2 Å². The molecule has 0 saturated heterocycles. The van der Waals surface area contributed by atoms with Crippen molar-refractivity contribution in [3.8, 4) is 16.9 Å². The second-order valence-corrected chi connectivity index (χ2v) is 9.90. The number of rotatable bonds is 7. The van der Waals surface area contributed by atoms with Gasteiger partial charge in [-0.05, 0) is 48.5 Å². The number of amides is 1.